The summed E-state index contributed by atoms with van der Waals surface area (Å²) in [5.74, 6) is 1.52. The van der Waals surface area contributed by atoms with Gasteiger partial charge in [0.25, 0.3) is 0 Å². The van der Waals surface area contributed by atoms with Crippen molar-refractivity contribution in [3.05, 3.63) is 47.3 Å². The summed E-state index contributed by atoms with van der Waals surface area (Å²) < 4.78 is 1.96. The van der Waals surface area contributed by atoms with E-state index in [4.69, 9.17) is 0 Å². The van der Waals surface area contributed by atoms with Crippen LogP contribution in [0, 0.1) is 19.8 Å². The second-order valence-electron chi connectivity index (χ2n) is 7.91. The van der Waals surface area contributed by atoms with Crippen molar-refractivity contribution in [2.24, 2.45) is 18.0 Å². The van der Waals surface area contributed by atoms with E-state index >= 15 is 0 Å². The normalized spacial score (nSPS) is 18.4. The van der Waals surface area contributed by atoms with Crippen LogP contribution in [0.5, 0.6) is 0 Å². The fraction of sp³-hybridized carbons (Fsp3) is 0.545. The molecule has 1 fully saturated rings. The van der Waals surface area contributed by atoms with E-state index in [1.165, 1.54) is 23.4 Å². The molecule has 28 heavy (non-hydrogen) atoms. The number of aromatic nitrogens is 2. The van der Waals surface area contributed by atoms with Crippen molar-refractivity contribution in [3.8, 4) is 0 Å². The molecule has 0 spiro atoms. The van der Waals surface area contributed by atoms with Gasteiger partial charge in [-0.05, 0) is 57.2 Å². The third-order valence-corrected chi connectivity index (χ3v) is 5.74. The van der Waals surface area contributed by atoms with Crippen LogP contribution < -0.4 is 15.5 Å². The van der Waals surface area contributed by atoms with Crippen molar-refractivity contribution in [1.29, 1.82) is 0 Å². The van der Waals surface area contributed by atoms with Crippen LogP contribution in [-0.2, 0) is 13.5 Å². The molecule has 1 saturated heterocycles. The molecule has 1 aliphatic rings. The number of nitrogens with one attached hydrogen (secondary N) is 2. The van der Waals surface area contributed by atoms with Gasteiger partial charge < -0.3 is 15.5 Å². The number of guanidine groups is 1. The van der Waals surface area contributed by atoms with Gasteiger partial charge in [-0.1, -0.05) is 18.2 Å². The van der Waals surface area contributed by atoms with E-state index in [0.717, 1.165) is 37.7 Å². The predicted molar refractivity (Wildman–Crippen MR) is 117 cm³/mol. The number of benzene rings is 1. The molecule has 2 atom stereocenters. The van der Waals surface area contributed by atoms with Crippen LogP contribution in [-0.4, -0.2) is 48.5 Å². The zero-order chi connectivity index (χ0) is 20.1. The lowest BCUT2D eigenvalue weighted by atomic mass is 10.1. The number of nitrogens with zero attached hydrogens (tertiary/aromatic N) is 4. The summed E-state index contributed by atoms with van der Waals surface area (Å²) in [4.78, 5) is 6.89. The van der Waals surface area contributed by atoms with E-state index in [9.17, 15) is 0 Å². The first-order valence-corrected chi connectivity index (χ1v) is 10.2. The predicted octanol–water partition coefficient (Wildman–Crippen LogP) is 2.66. The summed E-state index contributed by atoms with van der Waals surface area (Å²) >= 11 is 0. The van der Waals surface area contributed by atoms with Crippen LogP contribution in [0.2, 0.25) is 0 Å². The van der Waals surface area contributed by atoms with E-state index in [1.54, 1.807) is 0 Å². The molecule has 1 aliphatic heterocycles. The maximum absolute atomic E-state index is 4.52. The van der Waals surface area contributed by atoms with Crippen molar-refractivity contribution < 1.29 is 0 Å². The average Bonchev–Trinajstić information content (AvgIpc) is 3.26. The Balaban J connectivity index is 1.47. The second kappa shape index (κ2) is 9.13. The molecule has 3 rings (SSSR count). The molecule has 152 valence electrons. The molecule has 2 heterocycles. The third-order valence-electron chi connectivity index (χ3n) is 5.74. The Morgan fingerprint density at radius 3 is 2.68 bits per heavy atom. The van der Waals surface area contributed by atoms with E-state index in [1.807, 2.05) is 18.8 Å². The Labute approximate surface area is 169 Å². The molecule has 0 radical (unpaired) electrons. The van der Waals surface area contributed by atoms with Crippen molar-refractivity contribution >= 4 is 11.6 Å². The lowest BCUT2D eigenvalue weighted by Crippen LogP contribution is -2.45. The fourth-order valence-corrected chi connectivity index (χ4v) is 4.01. The average molecular weight is 383 g/mol. The van der Waals surface area contributed by atoms with Gasteiger partial charge in [-0.25, -0.2) is 0 Å². The zero-order valence-electron chi connectivity index (χ0n) is 17.9. The Kier molecular flexibility index (Phi) is 6.60. The molecule has 2 aromatic rings. The van der Waals surface area contributed by atoms with Crippen molar-refractivity contribution in [1.82, 2.24) is 20.4 Å². The molecular weight excluding hydrogens is 348 g/mol. The van der Waals surface area contributed by atoms with Gasteiger partial charge in [-0.15, -0.1) is 0 Å². The highest BCUT2D eigenvalue weighted by Gasteiger charge is 2.23. The third kappa shape index (κ3) is 4.86. The van der Waals surface area contributed by atoms with Gasteiger partial charge in [-0.3, -0.25) is 9.67 Å². The molecule has 1 aromatic heterocycles. The molecule has 2 unspecified atom stereocenters. The molecule has 2 N–H and O–H groups in total. The summed E-state index contributed by atoms with van der Waals surface area (Å²) in [6, 6.07) is 11.0. The molecule has 6 nitrogen and oxygen atoms in total. The monoisotopic (exact) mass is 382 g/mol. The van der Waals surface area contributed by atoms with Crippen LogP contribution in [0.3, 0.4) is 0 Å². The van der Waals surface area contributed by atoms with Crippen LogP contribution in [0.25, 0.3) is 0 Å². The molecule has 0 saturated carbocycles. The minimum Gasteiger partial charge on any atom is -0.371 e. The quantitative estimate of drug-likeness (QED) is 0.596. The van der Waals surface area contributed by atoms with Crippen molar-refractivity contribution in [2.45, 2.75) is 39.7 Å². The number of anilines is 1. The number of hydrogen-bond donors (Lipinski definition) is 2. The molecule has 0 aliphatic carbocycles. The lowest BCUT2D eigenvalue weighted by Gasteiger charge is -2.21. The minimum absolute atomic E-state index is 0.289. The number of hydrogen-bond acceptors (Lipinski definition) is 3. The Bertz CT molecular complexity index is 795. The lowest BCUT2D eigenvalue weighted by molar-refractivity contribution is 0.556. The topological polar surface area (TPSA) is 57.5 Å². The van der Waals surface area contributed by atoms with Gasteiger partial charge in [0.2, 0.25) is 0 Å². The highest BCUT2D eigenvalue weighted by atomic mass is 15.3. The number of para-hydroxylation sites is 1. The van der Waals surface area contributed by atoms with Crippen molar-refractivity contribution in [3.63, 3.8) is 0 Å². The standard InChI is InChI=1S/C22H34N6/c1-16(13-21-17(2)26-27(5)18(21)3)25-22(23-4)24-14-19-11-12-28(15-19)20-9-7-6-8-10-20/h6-10,16,19H,11-15H2,1-5H3,(H2,23,24,25). The van der Waals surface area contributed by atoms with E-state index in [-0.39, 0.29) is 6.04 Å². The maximum atomic E-state index is 4.52. The van der Waals surface area contributed by atoms with E-state index in [2.05, 4.69) is 76.7 Å². The number of aliphatic imine (C=N–C) groups is 1. The first kappa shape index (κ1) is 20.2. The molecule has 1 aromatic carbocycles. The second-order valence-corrected chi connectivity index (χ2v) is 7.91. The smallest absolute Gasteiger partial charge is 0.191 e. The zero-order valence-corrected chi connectivity index (χ0v) is 17.9. The minimum atomic E-state index is 0.289. The Morgan fingerprint density at radius 2 is 2.04 bits per heavy atom. The fourth-order valence-electron chi connectivity index (χ4n) is 4.01. The molecular formula is C22H34N6. The Hall–Kier alpha value is -2.50. The summed E-state index contributed by atoms with van der Waals surface area (Å²) in [6.45, 7) is 9.58. The van der Waals surface area contributed by atoms with Gasteiger partial charge in [0.05, 0.1) is 5.69 Å². The van der Waals surface area contributed by atoms with E-state index in [0.29, 0.717) is 5.92 Å². The number of aryl methyl sites for hydroxylation is 2. The molecule has 6 heteroatoms. The SMILES string of the molecule is CN=C(NCC1CCN(c2ccccc2)C1)NC(C)Cc1c(C)nn(C)c1C. The van der Waals surface area contributed by atoms with Crippen LogP contribution in [0.15, 0.2) is 35.3 Å². The van der Waals surface area contributed by atoms with Gasteiger partial charge >= 0.3 is 0 Å². The highest BCUT2D eigenvalue weighted by molar-refractivity contribution is 5.80. The molecule has 0 amide bonds. The summed E-state index contributed by atoms with van der Waals surface area (Å²) in [5.41, 5.74) is 5.00. The van der Waals surface area contributed by atoms with Crippen LogP contribution >= 0.6 is 0 Å². The first-order chi connectivity index (χ1) is 13.5. The van der Waals surface area contributed by atoms with Gasteiger partial charge in [0.15, 0.2) is 5.96 Å². The summed E-state index contributed by atoms with van der Waals surface area (Å²) in [7, 11) is 3.85. The maximum Gasteiger partial charge on any atom is 0.191 e. The summed E-state index contributed by atoms with van der Waals surface area (Å²) in [6.07, 6.45) is 2.15. The molecule has 0 bridgehead atoms. The van der Waals surface area contributed by atoms with Crippen molar-refractivity contribution in [2.75, 3.05) is 31.6 Å². The van der Waals surface area contributed by atoms with Crippen LogP contribution in [0.1, 0.15) is 30.3 Å². The van der Waals surface area contributed by atoms with Gasteiger partial charge in [-0.2, -0.15) is 5.10 Å². The first-order valence-electron chi connectivity index (χ1n) is 10.2. The largest absolute Gasteiger partial charge is 0.371 e. The number of rotatable bonds is 6. The summed E-state index contributed by atoms with van der Waals surface area (Å²) in [5, 5.41) is 11.6. The van der Waals surface area contributed by atoms with Crippen LogP contribution in [0.4, 0.5) is 5.69 Å². The highest BCUT2D eigenvalue weighted by Crippen LogP contribution is 2.23. The Morgan fingerprint density at radius 1 is 1.29 bits per heavy atom. The van der Waals surface area contributed by atoms with E-state index < -0.39 is 0 Å². The van der Waals surface area contributed by atoms with Gasteiger partial charge in [0, 0.05) is 51.2 Å². The van der Waals surface area contributed by atoms with Gasteiger partial charge in [0.1, 0.15) is 0 Å².